The highest BCUT2D eigenvalue weighted by Crippen LogP contribution is 2.37. The smallest absolute Gasteiger partial charge is 0.180 e. The molecule has 106 valence electrons. The van der Waals surface area contributed by atoms with E-state index in [1.165, 1.54) is 0 Å². The highest BCUT2D eigenvalue weighted by molar-refractivity contribution is 9.10. The molecule has 0 saturated carbocycles. The number of rotatable bonds is 5. The van der Waals surface area contributed by atoms with Gasteiger partial charge >= 0.3 is 0 Å². The number of halogens is 3. The maximum absolute atomic E-state index is 6.21. The van der Waals surface area contributed by atoms with Gasteiger partial charge in [0.1, 0.15) is 6.61 Å². The van der Waals surface area contributed by atoms with Gasteiger partial charge in [0.15, 0.2) is 11.5 Å². The van der Waals surface area contributed by atoms with Crippen LogP contribution in [0.5, 0.6) is 11.5 Å². The monoisotopic (exact) mass is 374 g/mol. The fourth-order valence-electron chi connectivity index (χ4n) is 1.73. The van der Waals surface area contributed by atoms with Crippen molar-refractivity contribution in [2.45, 2.75) is 12.5 Å². The van der Waals surface area contributed by atoms with Crippen LogP contribution >= 0.6 is 39.1 Å². The summed E-state index contributed by atoms with van der Waals surface area (Å²) >= 11 is 15.4. The Bertz CT molecular complexity index is 585. The Morgan fingerprint density at radius 1 is 1.10 bits per heavy atom. The van der Waals surface area contributed by atoms with Crippen LogP contribution in [0.15, 0.2) is 40.9 Å². The van der Waals surface area contributed by atoms with Crippen LogP contribution in [0.1, 0.15) is 11.1 Å². The second kappa shape index (κ2) is 7.21. The van der Waals surface area contributed by atoms with E-state index in [-0.39, 0.29) is 0 Å². The summed E-state index contributed by atoms with van der Waals surface area (Å²) in [6.07, 6.45) is 0. The predicted molar refractivity (Wildman–Crippen MR) is 86.0 cm³/mol. The maximum atomic E-state index is 6.21. The second-order valence-electron chi connectivity index (χ2n) is 4.16. The van der Waals surface area contributed by atoms with Gasteiger partial charge in [0, 0.05) is 10.4 Å². The van der Waals surface area contributed by atoms with Crippen LogP contribution in [0.2, 0.25) is 5.02 Å². The van der Waals surface area contributed by atoms with Gasteiger partial charge in [-0.2, -0.15) is 0 Å². The third kappa shape index (κ3) is 3.81. The van der Waals surface area contributed by atoms with Crippen LogP contribution in [0.25, 0.3) is 0 Å². The molecule has 0 atom stereocenters. The molecule has 0 aliphatic heterocycles. The van der Waals surface area contributed by atoms with Crippen LogP contribution in [-0.2, 0) is 12.5 Å². The SMILES string of the molecule is COc1cc(CCl)cc(Cl)c1OCc1ccc(Br)cc1. The number of alkyl halides is 1. The molecule has 5 heteroatoms. The number of hydrogen-bond donors (Lipinski definition) is 0. The predicted octanol–water partition coefficient (Wildman–Crippen LogP) is 5.43. The van der Waals surface area contributed by atoms with Gasteiger partial charge in [-0.25, -0.2) is 0 Å². The molecule has 0 aliphatic rings. The van der Waals surface area contributed by atoms with E-state index in [2.05, 4.69) is 15.9 Å². The minimum atomic E-state index is 0.378. The first-order valence-corrected chi connectivity index (χ1v) is 7.64. The highest BCUT2D eigenvalue weighted by Gasteiger charge is 2.12. The van der Waals surface area contributed by atoms with Crippen LogP contribution in [0.4, 0.5) is 0 Å². The third-order valence-corrected chi connectivity index (χ3v) is 3.86. The molecule has 0 amide bonds. The fourth-order valence-corrected chi connectivity index (χ4v) is 2.43. The van der Waals surface area contributed by atoms with Crippen molar-refractivity contribution in [2.24, 2.45) is 0 Å². The number of ether oxygens (including phenoxy) is 2. The molecule has 20 heavy (non-hydrogen) atoms. The molecule has 0 radical (unpaired) electrons. The standard InChI is InChI=1S/C15H13BrCl2O2/c1-19-14-7-11(8-17)6-13(18)15(14)20-9-10-2-4-12(16)5-3-10/h2-7H,8-9H2,1H3. The Hall–Kier alpha value is -0.900. The molecular weight excluding hydrogens is 363 g/mol. The van der Waals surface area contributed by atoms with Gasteiger partial charge in [-0.05, 0) is 35.4 Å². The van der Waals surface area contributed by atoms with Gasteiger partial charge in [-0.3, -0.25) is 0 Å². The van der Waals surface area contributed by atoms with E-state index in [1.54, 1.807) is 13.2 Å². The topological polar surface area (TPSA) is 18.5 Å². The molecule has 2 rings (SSSR count). The van der Waals surface area contributed by atoms with Gasteiger partial charge in [0.2, 0.25) is 0 Å². The molecule has 0 spiro atoms. The first-order chi connectivity index (χ1) is 9.63. The highest BCUT2D eigenvalue weighted by atomic mass is 79.9. The summed E-state index contributed by atoms with van der Waals surface area (Å²) in [5.41, 5.74) is 1.94. The van der Waals surface area contributed by atoms with Gasteiger partial charge in [0.25, 0.3) is 0 Å². The Balaban J connectivity index is 2.18. The number of methoxy groups -OCH3 is 1. The zero-order chi connectivity index (χ0) is 14.5. The molecule has 2 aromatic carbocycles. The molecular formula is C15H13BrCl2O2. The van der Waals surface area contributed by atoms with E-state index in [0.717, 1.165) is 15.6 Å². The summed E-state index contributed by atoms with van der Waals surface area (Å²) in [6.45, 7) is 0.420. The van der Waals surface area contributed by atoms with Crippen LogP contribution in [0, 0.1) is 0 Å². The lowest BCUT2D eigenvalue weighted by Crippen LogP contribution is -1.99. The maximum Gasteiger partial charge on any atom is 0.180 e. The van der Waals surface area contributed by atoms with Crippen molar-refractivity contribution in [3.8, 4) is 11.5 Å². The number of hydrogen-bond acceptors (Lipinski definition) is 2. The zero-order valence-corrected chi connectivity index (χ0v) is 13.9. The lowest BCUT2D eigenvalue weighted by molar-refractivity contribution is 0.284. The average molecular weight is 376 g/mol. The van der Waals surface area contributed by atoms with E-state index in [0.29, 0.717) is 29.0 Å². The Morgan fingerprint density at radius 3 is 2.40 bits per heavy atom. The molecule has 0 unspecified atom stereocenters. The second-order valence-corrected chi connectivity index (χ2v) is 5.75. The van der Waals surface area contributed by atoms with Crippen molar-refractivity contribution in [3.05, 3.63) is 57.0 Å². The van der Waals surface area contributed by atoms with Gasteiger partial charge in [0.05, 0.1) is 12.1 Å². The molecule has 0 aromatic heterocycles. The minimum absolute atomic E-state index is 0.378. The van der Waals surface area contributed by atoms with Crippen molar-refractivity contribution in [1.82, 2.24) is 0 Å². The first-order valence-electron chi connectivity index (χ1n) is 5.93. The van der Waals surface area contributed by atoms with Crippen molar-refractivity contribution in [1.29, 1.82) is 0 Å². The number of benzene rings is 2. The van der Waals surface area contributed by atoms with Crippen molar-refractivity contribution in [3.63, 3.8) is 0 Å². The van der Waals surface area contributed by atoms with E-state index in [9.17, 15) is 0 Å². The van der Waals surface area contributed by atoms with E-state index < -0.39 is 0 Å². The summed E-state index contributed by atoms with van der Waals surface area (Å²) < 4.78 is 12.1. The fraction of sp³-hybridized carbons (Fsp3) is 0.200. The van der Waals surface area contributed by atoms with Gasteiger partial charge < -0.3 is 9.47 Å². The van der Waals surface area contributed by atoms with Gasteiger partial charge in [-0.15, -0.1) is 11.6 Å². The summed E-state index contributed by atoms with van der Waals surface area (Å²) in [6, 6.07) is 11.5. The lowest BCUT2D eigenvalue weighted by atomic mass is 10.2. The molecule has 0 heterocycles. The lowest BCUT2D eigenvalue weighted by Gasteiger charge is -2.13. The van der Waals surface area contributed by atoms with Crippen LogP contribution in [-0.4, -0.2) is 7.11 Å². The summed E-state index contributed by atoms with van der Waals surface area (Å²) in [7, 11) is 1.58. The van der Waals surface area contributed by atoms with E-state index >= 15 is 0 Å². The Morgan fingerprint density at radius 2 is 1.80 bits per heavy atom. The molecule has 0 aliphatic carbocycles. The Labute approximate surface area is 136 Å². The van der Waals surface area contributed by atoms with Crippen molar-refractivity contribution >= 4 is 39.1 Å². The molecule has 0 fully saturated rings. The Kier molecular flexibility index (Phi) is 5.58. The van der Waals surface area contributed by atoms with Crippen LogP contribution in [0.3, 0.4) is 0 Å². The molecule has 2 aromatic rings. The molecule has 2 nitrogen and oxygen atoms in total. The quantitative estimate of drug-likeness (QED) is 0.648. The zero-order valence-electron chi connectivity index (χ0n) is 10.8. The first kappa shape index (κ1) is 15.5. The van der Waals surface area contributed by atoms with Gasteiger partial charge in [-0.1, -0.05) is 39.7 Å². The van der Waals surface area contributed by atoms with Crippen molar-refractivity contribution < 1.29 is 9.47 Å². The minimum Gasteiger partial charge on any atom is -0.493 e. The average Bonchev–Trinajstić information content (AvgIpc) is 2.47. The molecule has 0 N–H and O–H groups in total. The molecule has 0 bridgehead atoms. The van der Waals surface area contributed by atoms with E-state index in [4.69, 9.17) is 32.7 Å². The van der Waals surface area contributed by atoms with Crippen molar-refractivity contribution in [2.75, 3.05) is 7.11 Å². The van der Waals surface area contributed by atoms with Crippen LogP contribution < -0.4 is 9.47 Å². The van der Waals surface area contributed by atoms with E-state index in [1.807, 2.05) is 30.3 Å². The summed E-state index contributed by atoms with van der Waals surface area (Å²) in [5.74, 6) is 1.50. The third-order valence-electron chi connectivity index (χ3n) is 2.74. The normalized spacial score (nSPS) is 10.4. The summed E-state index contributed by atoms with van der Waals surface area (Å²) in [5, 5.41) is 0.497. The summed E-state index contributed by atoms with van der Waals surface area (Å²) in [4.78, 5) is 0. The largest absolute Gasteiger partial charge is 0.493 e. The molecule has 0 saturated heterocycles.